The molecule has 1 amide bonds. The van der Waals surface area contributed by atoms with Crippen molar-refractivity contribution in [1.29, 1.82) is 0 Å². The van der Waals surface area contributed by atoms with Crippen molar-refractivity contribution in [3.63, 3.8) is 0 Å². The van der Waals surface area contributed by atoms with Crippen molar-refractivity contribution in [3.05, 3.63) is 12.2 Å². The van der Waals surface area contributed by atoms with Crippen molar-refractivity contribution < 1.29 is 14.3 Å². The fraction of sp³-hybridized carbons (Fsp3) is 0.833. The van der Waals surface area contributed by atoms with Crippen LogP contribution in [-0.2, 0) is 14.3 Å². The lowest BCUT2D eigenvalue weighted by Gasteiger charge is -2.09. The third-order valence-electron chi connectivity index (χ3n) is 5.43. The highest BCUT2D eigenvalue weighted by molar-refractivity contribution is 5.87. The van der Waals surface area contributed by atoms with Crippen LogP contribution in [0, 0.1) is 0 Å². The summed E-state index contributed by atoms with van der Waals surface area (Å²) in [4.78, 5) is 22.8. The molecule has 1 aliphatic rings. The van der Waals surface area contributed by atoms with E-state index in [1.165, 1.54) is 83.5 Å². The van der Waals surface area contributed by atoms with Crippen LogP contribution in [0.1, 0.15) is 116 Å². The lowest BCUT2D eigenvalue weighted by Crippen LogP contribution is -2.34. The first-order valence-electron chi connectivity index (χ1n) is 11.8. The quantitative estimate of drug-likeness (QED) is 0.170. The average molecular weight is 394 g/mol. The van der Waals surface area contributed by atoms with Crippen molar-refractivity contribution in [2.24, 2.45) is 0 Å². The van der Waals surface area contributed by atoms with Crippen LogP contribution in [0.25, 0.3) is 0 Å². The van der Waals surface area contributed by atoms with Crippen molar-refractivity contribution in [2.45, 2.75) is 122 Å². The lowest BCUT2D eigenvalue weighted by molar-refractivity contribution is -0.146. The summed E-state index contributed by atoms with van der Waals surface area (Å²) in [5, 5.41) is 2.64. The van der Waals surface area contributed by atoms with Crippen LogP contribution in [0.4, 0.5) is 0 Å². The van der Waals surface area contributed by atoms with E-state index in [1.807, 2.05) is 0 Å². The Hall–Kier alpha value is -1.32. The molecule has 0 aromatic rings. The average Bonchev–Trinajstić information content (AvgIpc) is 3.13. The number of ether oxygens (including phenoxy) is 1. The van der Waals surface area contributed by atoms with Gasteiger partial charge in [0.15, 0.2) is 0 Å². The number of esters is 1. The van der Waals surface area contributed by atoms with E-state index < -0.39 is 6.04 Å². The van der Waals surface area contributed by atoms with Gasteiger partial charge in [-0.3, -0.25) is 4.79 Å². The van der Waals surface area contributed by atoms with Crippen LogP contribution in [0.15, 0.2) is 12.2 Å². The summed E-state index contributed by atoms with van der Waals surface area (Å²) in [6, 6.07) is -0.410. The van der Waals surface area contributed by atoms with E-state index >= 15 is 0 Å². The Morgan fingerprint density at radius 1 is 0.893 bits per heavy atom. The summed E-state index contributed by atoms with van der Waals surface area (Å²) in [7, 11) is 0. The van der Waals surface area contributed by atoms with Gasteiger partial charge in [0.25, 0.3) is 0 Å². The second-order valence-corrected chi connectivity index (χ2v) is 8.12. The second-order valence-electron chi connectivity index (χ2n) is 8.12. The maximum atomic E-state index is 11.7. The zero-order chi connectivity index (χ0) is 20.3. The van der Waals surface area contributed by atoms with Gasteiger partial charge < -0.3 is 10.1 Å². The van der Waals surface area contributed by atoms with Gasteiger partial charge in [0.05, 0.1) is 6.61 Å². The zero-order valence-electron chi connectivity index (χ0n) is 18.2. The van der Waals surface area contributed by atoms with E-state index in [4.69, 9.17) is 4.74 Å². The zero-order valence-corrected chi connectivity index (χ0v) is 18.2. The standard InChI is InChI=1S/C24H43NO3/c1-2-3-4-5-6-7-8-9-10-11-12-13-14-15-16-17-18-21-28-24(27)22-19-20-23(26)25-22/h9-10,22H,2-8,11-21H2,1H3,(H,25,26)/b10-9+/t22-/m0/s1. The number of unbranched alkanes of at least 4 members (excludes halogenated alkanes) is 13. The maximum Gasteiger partial charge on any atom is 0.328 e. The SMILES string of the molecule is CCCCCCCC/C=C/CCCCCCCCCOC(=O)[C@@H]1CCC(=O)N1. The van der Waals surface area contributed by atoms with Gasteiger partial charge in [0, 0.05) is 6.42 Å². The number of nitrogens with one attached hydrogen (secondary N) is 1. The predicted octanol–water partition coefficient (Wildman–Crippen LogP) is 6.24. The molecule has 0 aliphatic carbocycles. The van der Waals surface area contributed by atoms with Gasteiger partial charge in [-0.05, 0) is 38.5 Å². The molecule has 1 fully saturated rings. The van der Waals surface area contributed by atoms with Crippen molar-refractivity contribution in [2.75, 3.05) is 6.61 Å². The van der Waals surface area contributed by atoms with Gasteiger partial charge in [-0.25, -0.2) is 4.79 Å². The molecule has 0 unspecified atom stereocenters. The molecule has 4 nitrogen and oxygen atoms in total. The van der Waals surface area contributed by atoms with Crippen LogP contribution in [-0.4, -0.2) is 24.5 Å². The topological polar surface area (TPSA) is 55.4 Å². The number of carbonyl (C=O) groups excluding carboxylic acids is 2. The van der Waals surface area contributed by atoms with Gasteiger partial charge in [-0.15, -0.1) is 0 Å². The molecular formula is C24H43NO3. The fourth-order valence-electron chi connectivity index (χ4n) is 3.59. The third-order valence-corrected chi connectivity index (χ3v) is 5.43. The molecule has 1 N–H and O–H groups in total. The summed E-state index contributed by atoms with van der Waals surface area (Å²) in [6.45, 7) is 2.75. The summed E-state index contributed by atoms with van der Waals surface area (Å²) in [5.74, 6) is -0.314. The minimum Gasteiger partial charge on any atom is -0.464 e. The molecule has 28 heavy (non-hydrogen) atoms. The van der Waals surface area contributed by atoms with Crippen LogP contribution < -0.4 is 5.32 Å². The number of carbonyl (C=O) groups is 2. The Bertz CT molecular complexity index is 434. The largest absolute Gasteiger partial charge is 0.464 e. The third kappa shape index (κ3) is 13.8. The van der Waals surface area contributed by atoms with E-state index in [0.29, 0.717) is 19.4 Å². The molecule has 0 radical (unpaired) electrons. The monoisotopic (exact) mass is 393 g/mol. The number of hydrogen-bond acceptors (Lipinski definition) is 3. The molecule has 1 saturated heterocycles. The van der Waals surface area contributed by atoms with Gasteiger partial charge in [-0.1, -0.05) is 83.3 Å². The van der Waals surface area contributed by atoms with Crippen molar-refractivity contribution >= 4 is 11.9 Å². The molecule has 0 spiro atoms. The Morgan fingerprint density at radius 2 is 1.43 bits per heavy atom. The first-order chi connectivity index (χ1) is 13.7. The predicted molar refractivity (Wildman–Crippen MR) is 116 cm³/mol. The number of rotatable bonds is 18. The van der Waals surface area contributed by atoms with E-state index in [0.717, 1.165) is 12.8 Å². The van der Waals surface area contributed by atoms with Crippen LogP contribution in [0.5, 0.6) is 0 Å². The van der Waals surface area contributed by atoms with Gasteiger partial charge in [0.2, 0.25) is 5.91 Å². The second kappa shape index (κ2) is 17.8. The van der Waals surface area contributed by atoms with Gasteiger partial charge in [-0.2, -0.15) is 0 Å². The molecule has 0 saturated carbocycles. The van der Waals surface area contributed by atoms with E-state index in [9.17, 15) is 9.59 Å². The highest BCUT2D eigenvalue weighted by Gasteiger charge is 2.28. The minimum atomic E-state index is -0.410. The minimum absolute atomic E-state index is 0.0461. The number of allylic oxidation sites excluding steroid dienone is 2. The van der Waals surface area contributed by atoms with Crippen molar-refractivity contribution in [1.82, 2.24) is 5.32 Å². The number of hydrogen-bond donors (Lipinski definition) is 1. The van der Waals surface area contributed by atoms with Crippen molar-refractivity contribution in [3.8, 4) is 0 Å². The molecule has 0 aromatic heterocycles. The van der Waals surface area contributed by atoms with Crippen LogP contribution in [0.3, 0.4) is 0 Å². The Kier molecular flexibility index (Phi) is 15.7. The maximum absolute atomic E-state index is 11.7. The molecular weight excluding hydrogens is 350 g/mol. The molecule has 1 atom stereocenters. The summed E-state index contributed by atoms with van der Waals surface area (Å²) >= 11 is 0. The number of amides is 1. The first-order valence-corrected chi connectivity index (χ1v) is 11.8. The molecule has 0 bridgehead atoms. The van der Waals surface area contributed by atoms with Gasteiger partial charge in [0.1, 0.15) is 6.04 Å². The Morgan fingerprint density at radius 3 is 1.96 bits per heavy atom. The normalized spacial score (nSPS) is 16.6. The molecule has 162 valence electrons. The first kappa shape index (κ1) is 24.7. The van der Waals surface area contributed by atoms with Crippen LogP contribution >= 0.6 is 0 Å². The van der Waals surface area contributed by atoms with E-state index in [2.05, 4.69) is 24.4 Å². The van der Waals surface area contributed by atoms with Gasteiger partial charge >= 0.3 is 5.97 Å². The summed E-state index contributed by atoms with van der Waals surface area (Å²) in [6.07, 6.45) is 25.0. The Labute approximate surface area is 172 Å². The molecule has 1 rings (SSSR count). The highest BCUT2D eigenvalue weighted by atomic mass is 16.5. The smallest absolute Gasteiger partial charge is 0.328 e. The highest BCUT2D eigenvalue weighted by Crippen LogP contribution is 2.11. The summed E-state index contributed by atoms with van der Waals surface area (Å²) in [5.41, 5.74) is 0. The molecule has 0 aromatic carbocycles. The van der Waals surface area contributed by atoms with Crippen LogP contribution in [0.2, 0.25) is 0 Å². The fourth-order valence-corrected chi connectivity index (χ4v) is 3.59. The molecule has 1 aliphatic heterocycles. The lowest BCUT2D eigenvalue weighted by atomic mass is 10.1. The van der Waals surface area contributed by atoms with E-state index in [-0.39, 0.29) is 11.9 Å². The molecule has 1 heterocycles. The summed E-state index contributed by atoms with van der Waals surface area (Å²) < 4.78 is 5.24. The van der Waals surface area contributed by atoms with E-state index in [1.54, 1.807) is 0 Å². The molecule has 4 heteroatoms. The Balaban J connectivity index is 1.75.